The van der Waals surface area contributed by atoms with Crippen LogP contribution in [0.5, 0.6) is 0 Å². The number of anilines is 1. The van der Waals surface area contributed by atoms with Crippen molar-refractivity contribution in [1.82, 2.24) is 19.6 Å². The average molecular weight is 344 g/mol. The maximum Gasteiger partial charge on any atom is 0.453 e. The van der Waals surface area contributed by atoms with Crippen LogP contribution in [0.2, 0.25) is 0 Å². The van der Waals surface area contributed by atoms with Crippen molar-refractivity contribution in [2.75, 3.05) is 11.9 Å². The average Bonchev–Trinajstić information content (AvgIpc) is 3.10. The van der Waals surface area contributed by atoms with E-state index in [9.17, 15) is 18.0 Å². The minimum atomic E-state index is -4.65. The molecule has 0 aliphatic carbocycles. The van der Waals surface area contributed by atoms with Crippen molar-refractivity contribution < 1.29 is 22.7 Å². The molecule has 2 aromatic heterocycles. The van der Waals surface area contributed by atoms with Crippen LogP contribution in [0.3, 0.4) is 0 Å². The van der Waals surface area contributed by atoms with Gasteiger partial charge in [-0.1, -0.05) is 0 Å². The Labute approximate surface area is 134 Å². The molecular weight excluding hydrogens is 329 g/mol. The fourth-order valence-electron chi connectivity index (χ4n) is 2.52. The van der Waals surface area contributed by atoms with Crippen molar-refractivity contribution in [3.8, 4) is 0 Å². The Morgan fingerprint density at radius 2 is 2.21 bits per heavy atom. The molecule has 1 aliphatic heterocycles. The van der Waals surface area contributed by atoms with E-state index >= 15 is 0 Å². The van der Waals surface area contributed by atoms with Gasteiger partial charge in [0.1, 0.15) is 11.9 Å². The van der Waals surface area contributed by atoms with E-state index in [1.807, 2.05) is 0 Å². The summed E-state index contributed by atoms with van der Waals surface area (Å²) in [5, 5.41) is 6.42. The molecule has 1 saturated heterocycles. The van der Waals surface area contributed by atoms with E-state index in [4.69, 9.17) is 10.5 Å². The molecule has 0 bridgehead atoms. The number of primary amides is 1. The van der Waals surface area contributed by atoms with Crippen molar-refractivity contribution >= 4 is 17.5 Å². The highest BCUT2D eigenvalue weighted by Gasteiger charge is 2.37. The van der Waals surface area contributed by atoms with Gasteiger partial charge in [-0.2, -0.15) is 22.7 Å². The zero-order valence-corrected chi connectivity index (χ0v) is 12.7. The molecule has 0 saturated carbocycles. The van der Waals surface area contributed by atoms with Crippen LogP contribution in [0, 0.1) is 6.92 Å². The lowest BCUT2D eigenvalue weighted by Gasteiger charge is -2.14. The molecule has 11 heteroatoms. The number of nitrogens with two attached hydrogens (primary N) is 1. The Kier molecular flexibility index (Phi) is 4.03. The summed E-state index contributed by atoms with van der Waals surface area (Å²) in [5.74, 6) is -1.61. The van der Waals surface area contributed by atoms with E-state index in [0.717, 1.165) is 4.52 Å². The summed E-state index contributed by atoms with van der Waals surface area (Å²) in [7, 11) is 0. The number of hydrogen-bond acceptors (Lipinski definition) is 6. The molecule has 2 atom stereocenters. The number of aromatic nitrogens is 4. The fourth-order valence-corrected chi connectivity index (χ4v) is 2.52. The van der Waals surface area contributed by atoms with Gasteiger partial charge < -0.3 is 15.8 Å². The van der Waals surface area contributed by atoms with Gasteiger partial charge in [-0.3, -0.25) is 4.79 Å². The molecule has 130 valence electrons. The molecule has 3 N–H and O–H groups in total. The second-order valence-electron chi connectivity index (χ2n) is 5.54. The molecule has 3 heterocycles. The number of alkyl halides is 3. The highest BCUT2D eigenvalue weighted by molar-refractivity contribution is 5.79. The number of carbonyl (C=O) groups is 1. The SMILES string of the molecule is Cc1cc(NCC2CCC(C(N)=O)O2)n2nc(C(F)(F)F)nc2n1. The summed E-state index contributed by atoms with van der Waals surface area (Å²) in [5.41, 5.74) is 5.68. The van der Waals surface area contributed by atoms with E-state index in [1.165, 1.54) is 0 Å². The van der Waals surface area contributed by atoms with Crippen LogP contribution in [-0.2, 0) is 15.7 Å². The van der Waals surface area contributed by atoms with Crippen molar-refractivity contribution in [2.45, 2.75) is 38.1 Å². The number of aryl methyl sites for hydroxylation is 1. The van der Waals surface area contributed by atoms with Gasteiger partial charge in [0.15, 0.2) is 0 Å². The maximum atomic E-state index is 12.8. The molecule has 1 amide bonds. The summed E-state index contributed by atoms with van der Waals surface area (Å²) in [6, 6.07) is 1.56. The van der Waals surface area contributed by atoms with Crippen LogP contribution in [0.1, 0.15) is 24.4 Å². The van der Waals surface area contributed by atoms with Crippen LogP contribution in [-0.4, -0.2) is 44.2 Å². The monoisotopic (exact) mass is 344 g/mol. The van der Waals surface area contributed by atoms with E-state index in [-0.39, 0.29) is 11.9 Å². The summed E-state index contributed by atoms with van der Waals surface area (Å²) in [6.07, 6.45) is -4.40. The highest BCUT2D eigenvalue weighted by Crippen LogP contribution is 2.27. The lowest BCUT2D eigenvalue weighted by atomic mass is 10.2. The van der Waals surface area contributed by atoms with E-state index in [1.54, 1.807) is 13.0 Å². The number of ether oxygens (including phenoxy) is 1. The molecule has 1 fully saturated rings. The van der Waals surface area contributed by atoms with Gasteiger partial charge in [0, 0.05) is 18.3 Å². The largest absolute Gasteiger partial charge is 0.453 e. The molecule has 0 radical (unpaired) electrons. The van der Waals surface area contributed by atoms with Crippen LogP contribution in [0.15, 0.2) is 6.07 Å². The summed E-state index contributed by atoms with van der Waals surface area (Å²) >= 11 is 0. The number of nitrogens with zero attached hydrogens (tertiary/aromatic N) is 4. The third kappa shape index (κ3) is 3.25. The molecule has 8 nitrogen and oxygen atoms in total. The van der Waals surface area contributed by atoms with Crippen LogP contribution in [0.4, 0.5) is 19.0 Å². The zero-order chi connectivity index (χ0) is 17.5. The number of halogens is 3. The predicted octanol–water partition coefficient (Wildman–Crippen LogP) is 0.896. The van der Waals surface area contributed by atoms with Gasteiger partial charge in [-0.15, -0.1) is 5.10 Å². The minimum absolute atomic E-state index is 0.146. The lowest BCUT2D eigenvalue weighted by Crippen LogP contribution is -2.30. The van der Waals surface area contributed by atoms with Gasteiger partial charge >= 0.3 is 6.18 Å². The minimum Gasteiger partial charge on any atom is -0.367 e. The Hall–Kier alpha value is -2.43. The van der Waals surface area contributed by atoms with Crippen LogP contribution >= 0.6 is 0 Å². The molecule has 0 aromatic carbocycles. The Morgan fingerprint density at radius 1 is 1.46 bits per heavy atom. The predicted molar refractivity (Wildman–Crippen MR) is 76.1 cm³/mol. The first kappa shape index (κ1) is 16.4. The zero-order valence-electron chi connectivity index (χ0n) is 12.7. The topological polar surface area (TPSA) is 107 Å². The molecule has 0 spiro atoms. The van der Waals surface area contributed by atoms with Crippen molar-refractivity contribution in [1.29, 1.82) is 0 Å². The third-order valence-electron chi connectivity index (χ3n) is 3.63. The summed E-state index contributed by atoms with van der Waals surface area (Å²) < 4.78 is 44.7. The summed E-state index contributed by atoms with van der Waals surface area (Å²) in [6.45, 7) is 1.94. The summed E-state index contributed by atoms with van der Waals surface area (Å²) in [4.78, 5) is 18.4. The van der Waals surface area contributed by atoms with Crippen molar-refractivity contribution in [3.05, 3.63) is 17.6 Å². The first-order valence-electron chi connectivity index (χ1n) is 7.24. The van der Waals surface area contributed by atoms with Crippen molar-refractivity contribution in [3.63, 3.8) is 0 Å². The van der Waals surface area contributed by atoms with E-state index in [0.29, 0.717) is 30.9 Å². The second kappa shape index (κ2) is 5.89. The maximum absolute atomic E-state index is 12.8. The smallest absolute Gasteiger partial charge is 0.367 e. The quantitative estimate of drug-likeness (QED) is 0.853. The first-order valence-corrected chi connectivity index (χ1v) is 7.24. The first-order chi connectivity index (χ1) is 11.2. The highest BCUT2D eigenvalue weighted by atomic mass is 19.4. The molecule has 3 rings (SSSR count). The number of hydrogen-bond donors (Lipinski definition) is 2. The Balaban J connectivity index is 1.79. The molecule has 24 heavy (non-hydrogen) atoms. The number of rotatable bonds is 4. The molecule has 2 aromatic rings. The van der Waals surface area contributed by atoms with Crippen molar-refractivity contribution in [2.24, 2.45) is 5.73 Å². The fraction of sp³-hybridized carbons (Fsp3) is 0.538. The Bertz CT molecular complexity index is 775. The number of nitrogens with one attached hydrogen (secondary N) is 1. The second-order valence-corrected chi connectivity index (χ2v) is 5.54. The number of fused-ring (bicyclic) bond motifs is 1. The van der Waals surface area contributed by atoms with E-state index < -0.39 is 24.0 Å². The number of amides is 1. The molecule has 2 unspecified atom stereocenters. The lowest BCUT2D eigenvalue weighted by molar-refractivity contribution is -0.144. The third-order valence-corrected chi connectivity index (χ3v) is 3.63. The van der Waals surface area contributed by atoms with Crippen LogP contribution in [0.25, 0.3) is 5.78 Å². The van der Waals surface area contributed by atoms with Gasteiger partial charge in [-0.05, 0) is 19.8 Å². The van der Waals surface area contributed by atoms with Gasteiger partial charge in [-0.25, -0.2) is 4.98 Å². The molecular formula is C13H15F3N6O2. The molecule has 1 aliphatic rings. The van der Waals surface area contributed by atoms with Gasteiger partial charge in [0.05, 0.1) is 6.10 Å². The van der Waals surface area contributed by atoms with E-state index in [2.05, 4.69) is 20.4 Å². The number of carbonyl (C=O) groups excluding carboxylic acids is 1. The normalized spacial score (nSPS) is 21.3. The Morgan fingerprint density at radius 3 is 2.83 bits per heavy atom. The van der Waals surface area contributed by atoms with Gasteiger partial charge in [0.25, 0.3) is 11.6 Å². The van der Waals surface area contributed by atoms with Gasteiger partial charge in [0.2, 0.25) is 5.91 Å². The van der Waals surface area contributed by atoms with Crippen LogP contribution < -0.4 is 11.1 Å². The standard InChI is InChI=1S/C13H15F3N6O2/c1-6-4-9(18-5-7-2-3-8(24-7)10(17)23)22-12(19-6)20-11(21-22)13(14,15)16/h4,7-8,18H,2-3,5H2,1H3,(H2,17,23).